The van der Waals surface area contributed by atoms with Crippen LogP contribution in [0.15, 0.2) is 38.9 Å². The molecule has 0 aliphatic carbocycles. The van der Waals surface area contributed by atoms with Crippen LogP contribution < -0.4 is 5.32 Å². The summed E-state index contributed by atoms with van der Waals surface area (Å²) < 4.78 is 1.11. The summed E-state index contributed by atoms with van der Waals surface area (Å²) in [4.78, 5) is 5.72. The van der Waals surface area contributed by atoms with Gasteiger partial charge < -0.3 is 5.32 Å². The number of rotatable bonds is 6. The van der Waals surface area contributed by atoms with Crippen molar-refractivity contribution < 1.29 is 0 Å². The Morgan fingerprint density at radius 1 is 1.26 bits per heavy atom. The average molecular weight is 292 g/mol. The van der Waals surface area contributed by atoms with Crippen molar-refractivity contribution in [2.45, 2.75) is 36.6 Å². The highest BCUT2D eigenvalue weighted by atomic mass is 32.2. The topological polar surface area (TPSA) is 24.9 Å². The predicted molar refractivity (Wildman–Crippen MR) is 84.0 cm³/mol. The van der Waals surface area contributed by atoms with Gasteiger partial charge in [0.15, 0.2) is 4.34 Å². The monoisotopic (exact) mass is 292 g/mol. The van der Waals surface area contributed by atoms with Crippen LogP contribution in [-0.2, 0) is 6.54 Å². The van der Waals surface area contributed by atoms with Crippen LogP contribution in [0.1, 0.15) is 25.1 Å². The summed E-state index contributed by atoms with van der Waals surface area (Å²) in [6, 6.07) is 8.73. The van der Waals surface area contributed by atoms with Gasteiger partial charge in [-0.05, 0) is 37.1 Å². The normalized spacial score (nSPS) is 11.2. The van der Waals surface area contributed by atoms with Crippen molar-refractivity contribution >= 4 is 23.1 Å². The fraction of sp³-hybridized carbons (Fsp3) is 0.400. The van der Waals surface area contributed by atoms with Crippen LogP contribution in [-0.4, -0.2) is 11.5 Å². The summed E-state index contributed by atoms with van der Waals surface area (Å²) in [5, 5.41) is 5.55. The molecule has 2 nitrogen and oxygen atoms in total. The molecule has 0 bridgehead atoms. The van der Waals surface area contributed by atoms with E-state index in [1.54, 1.807) is 23.1 Å². The highest BCUT2D eigenvalue weighted by Gasteiger charge is 2.02. The first-order valence-corrected chi connectivity index (χ1v) is 8.23. The Kier molecular flexibility index (Phi) is 5.43. The fourth-order valence-corrected chi connectivity index (χ4v) is 3.47. The van der Waals surface area contributed by atoms with Gasteiger partial charge in [0.1, 0.15) is 0 Å². The van der Waals surface area contributed by atoms with Gasteiger partial charge in [-0.1, -0.05) is 37.7 Å². The van der Waals surface area contributed by atoms with Crippen molar-refractivity contribution in [3.63, 3.8) is 0 Å². The molecule has 0 saturated heterocycles. The zero-order valence-corrected chi connectivity index (χ0v) is 13.3. The average Bonchev–Trinajstić information content (AvgIpc) is 2.77. The first-order chi connectivity index (χ1) is 9.13. The third-order valence-electron chi connectivity index (χ3n) is 2.61. The van der Waals surface area contributed by atoms with Crippen LogP contribution >= 0.6 is 23.1 Å². The van der Waals surface area contributed by atoms with Gasteiger partial charge in [0, 0.05) is 22.5 Å². The number of hydrogen-bond donors (Lipinski definition) is 1. The van der Waals surface area contributed by atoms with Crippen LogP contribution in [0.2, 0.25) is 0 Å². The van der Waals surface area contributed by atoms with E-state index in [9.17, 15) is 0 Å². The van der Waals surface area contributed by atoms with Gasteiger partial charge in [0.2, 0.25) is 0 Å². The largest absolute Gasteiger partial charge is 0.312 e. The molecule has 4 heteroatoms. The molecule has 1 N–H and O–H groups in total. The van der Waals surface area contributed by atoms with Crippen LogP contribution in [0.5, 0.6) is 0 Å². The molecule has 0 amide bonds. The maximum absolute atomic E-state index is 4.47. The molecule has 0 atom stereocenters. The van der Waals surface area contributed by atoms with E-state index in [2.05, 4.69) is 53.8 Å². The second-order valence-corrected chi connectivity index (χ2v) is 7.20. The van der Waals surface area contributed by atoms with Gasteiger partial charge >= 0.3 is 0 Å². The van der Waals surface area contributed by atoms with E-state index < -0.39 is 0 Å². The van der Waals surface area contributed by atoms with Crippen LogP contribution in [0, 0.1) is 12.8 Å². The van der Waals surface area contributed by atoms with Crippen molar-refractivity contribution in [2.75, 3.05) is 6.54 Å². The van der Waals surface area contributed by atoms with E-state index >= 15 is 0 Å². The van der Waals surface area contributed by atoms with Crippen molar-refractivity contribution in [1.29, 1.82) is 0 Å². The van der Waals surface area contributed by atoms with E-state index in [1.807, 2.05) is 6.92 Å². The number of benzene rings is 1. The van der Waals surface area contributed by atoms with E-state index in [0.29, 0.717) is 5.92 Å². The lowest BCUT2D eigenvalue weighted by atomic mass is 10.2. The van der Waals surface area contributed by atoms with Crippen molar-refractivity contribution in [2.24, 2.45) is 5.92 Å². The zero-order chi connectivity index (χ0) is 13.7. The molecule has 102 valence electrons. The molecule has 0 unspecified atom stereocenters. The smallest absolute Gasteiger partial charge is 0.154 e. The van der Waals surface area contributed by atoms with Crippen LogP contribution in [0.4, 0.5) is 0 Å². The van der Waals surface area contributed by atoms with E-state index in [-0.39, 0.29) is 0 Å². The molecular weight excluding hydrogens is 272 g/mol. The highest BCUT2D eigenvalue weighted by Crippen LogP contribution is 2.30. The molecular formula is C15H20N2S2. The Morgan fingerprint density at radius 2 is 2.00 bits per heavy atom. The lowest BCUT2D eigenvalue weighted by Crippen LogP contribution is -2.18. The number of thiazole rings is 1. The number of aryl methyl sites for hydroxylation is 1. The maximum Gasteiger partial charge on any atom is 0.154 e. The lowest BCUT2D eigenvalue weighted by molar-refractivity contribution is 0.552. The summed E-state index contributed by atoms with van der Waals surface area (Å²) in [7, 11) is 0. The molecule has 1 heterocycles. The third-order valence-corrected chi connectivity index (χ3v) is 4.67. The quantitative estimate of drug-likeness (QED) is 0.857. The second kappa shape index (κ2) is 7.08. The standard InChI is InChI=1S/C15H20N2S2/c1-11(2)8-16-9-13-4-6-14(7-5-13)19-15-17-12(3)10-18-15/h4-7,10-11,16H,8-9H2,1-3H3. The summed E-state index contributed by atoms with van der Waals surface area (Å²) in [5.74, 6) is 0.697. The minimum atomic E-state index is 0.697. The first kappa shape index (κ1) is 14.6. The number of hydrogen-bond acceptors (Lipinski definition) is 4. The number of aromatic nitrogens is 1. The lowest BCUT2D eigenvalue weighted by Gasteiger charge is -2.07. The molecule has 0 radical (unpaired) electrons. The van der Waals surface area contributed by atoms with Crippen LogP contribution in [0.3, 0.4) is 0 Å². The molecule has 0 aliphatic rings. The summed E-state index contributed by atoms with van der Waals surface area (Å²) >= 11 is 3.44. The summed E-state index contributed by atoms with van der Waals surface area (Å²) in [6.45, 7) is 8.49. The van der Waals surface area contributed by atoms with Gasteiger partial charge in [-0.15, -0.1) is 11.3 Å². The van der Waals surface area contributed by atoms with E-state index in [0.717, 1.165) is 23.1 Å². The minimum Gasteiger partial charge on any atom is -0.312 e. The minimum absolute atomic E-state index is 0.697. The molecule has 1 aromatic carbocycles. The Labute approximate surface area is 123 Å². The molecule has 0 fully saturated rings. The summed E-state index contributed by atoms with van der Waals surface area (Å²) in [6.07, 6.45) is 0. The molecule has 0 spiro atoms. The molecule has 2 aromatic rings. The van der Waals surface area contributed by atoms with Gasteiger partial charge in [-0.3, -0.25) is 0 Å². The third kappa shape index (κ3) is 4.97. The number of nitrogens with zero attached hydrogens (tertiary/aromatic N) is 1. The van der Waals surface area contributed by atoms with Crippen molar-refractivity contribution in [3.05, 3.63) is 40.9 Å². The Hall–Kier alpha value is -0.840. The zero-order valence-electron chi connectivity index (χ0n) is 11.6. The Morgan fingerprint density at radius 3 is 2.58 bits per heavy atom. The van der Waals surface area contributed by atoms with Gasteiger partial charge in [0.05, 0.1) is 0 Å². The van der Waals surface area contributed by atoms with Gasteiger partial charge in [-0.2, -0.15) is 0 Å². The predicted octanol–water partition coefficient (Wildman–Crippen LogP) is 4.35. The van der Waals surface area contributed by atoms with E-state index in [1.165, 1.54) is 10.5 Å². The Bertz CT molecular complexity index is 503. The van der Waals surface area contributed by atoms with E-state index in [4.69, 9.17) is 0 Å². The molecule has 0 aliphatic heterocycles. The highest BCUT2D eigenvalue weighted by molar-refractivity contribution is 8.01. The molecule has 19 heavy (non-hydrogen) atoms. The van der Waals surface area contributed by atoms with Crippen LogP contribution in [0.25, 0.3) is 0 Å². The molecule has 0 saturated carbocycles. The summed E-state index contributed by atoms with van der Waals surface area (Å²) in [5.41, 5.74) is 2.43. The van der Waals surface area contributed by atoms with Crippen molar-refractivity contribution in [1.82, 2.24) is 10.3 Å². The SMILES string of the molecule is Cc1csc(Sc2ccc(CNCC(C)C)cc2)n1. The second-order valence-electron chi connectivity index (χ2n) is 5.03. The Balaban J connectivity index is 1.87. The van der Waals surface area contributed by atoms with Gasteiger partial charge in [0.25, 0.3) is 0 Å². The first-order valence-electron chi connectivity index (χ1n) is 6.53. The fourth-order valence-electron chi connectivity index (χ4n) is 1.66. The van der Waals surface area contributed by atoms with Crippen molar-refractivity contribution in [3.8, 4) is 0 Å². The molecule has 1 aromatic heterocycles. The van der Waals surface area contributed by atoms with Gasteiger partial charge in [-0.25, -0.2) is 4.98 Å². The number of nitrogens with one attached hydrogen (secondary N) is 1. The molecule has 2 rings (SSSR count). The maximum atomic E-state index is 4.47.